The molecule has 1 aromatic carbocycles. The minimum absolute atomic E-state index is 0.504. The van der Waals surface area contributed by atoms with Gasteiger partial charge in [0.05, 0.1) is 17.3 Å². The molecule has 2 nitrogen and oxygen atoms in total. The first-order valence-electron chi connectivity index (χ1n) is 5.96. The largest absolute Gasteiger partial charge is 0.381 e. The molecule has 90 valence electrons. The predicted molar refractivity (Wildman–Crippen MR) is 73.4 cm³/mol. The van der Waals surface area contributed by atoms with E-state index in [9.17, 15) is 0 Å². The molecule has 1 aliphatic rings. The lowest BCUT2D eigenvalue weighted by molar-refractivity contribution is 0.243. The van der Waals surface area contributed by atoms with Gasteiger partial charge in [0.15, 0.2) is 0 Å². The van der Waals surface area contributed by atoms with Crippen LogP contribution in [-0.2, 0) is 0 Å². The van der Waals surface area contributed by atoms with E-state index in [1.165, 1.54) is 0 Å². The average Bonchev–Trinajstić information content (AvgIpc) is 2.35. The molecular weight excluding hydrogens is 232 g/mol. The maximum Gasteiger partial charge on any atom is 0.0637 e. The lowest BCUT2D eigenvalue weighted by Crippen LogP contribution is -2.39. The van der Waals surface area contributed by atoms with Gasteiger partial charge in [-0.1, -0.05) is 29.7 Å². The number of nitrogens with zero attached hydrogens (tertiary/aromatic N) is 1. The van der Waals surface area contributed by atoms with Gasteiger partial charge in [0.25, 0.3) is 0 Å². The molecule has 3 heteroatoms. The molecule has 2 rings (SSSR count). The second-order valence-corrected chi connectivity index (χ2v) is 4.79. The minimum Gasteiger partial charge on any atom is -0.381 e. The zero-order valence-electron chi connectivity index (χ0n) is 9.82. The number of nitrogens with one attached hydrogen (secondary N) is 1. The van der Waals surface area contributed by atoms with Crippen molar-refractivity contribution in [1.82, 2.24) is 4.90 Å². The van der Waals surface area contributed by atoms with Crippen LogP contribution in [0.15, 0.2) is 24.3 Å². The number of likely N-dealkylation sites (tertiary alicyclic amines) is 1. The van der Waals surface area contributed by atoms with Gasteiger partial charge in [-0.15, -0.1) is 6.42 Å². The summed E-state index contributed by atoms with van der Waals surface area (Å²) in [6.07, 6.45) is 7.55. The van der Waals surface area contributed by atoms with Crippen LogP contribution in [0, 0.1) is 12.3 Å². The highest BCUT2D eigenvalue weighted by Gasteiger charge is 2.18. The van der Waals surface area contributed by atoms with Crippen molar-refractivity contribution in [1.29, 1.82) is 0 Å². The number of anilines is 1. The maximum atomic E-state index is 6.12. The third-order valence-corrected chi connectivity index (χ3v) is 3.47. The van der Waals surface area contributed by atoms with E-state index in [0.717, 1.165) is 43.2 Å². The van der Waals surface area contributed by atoms with Crippen molar-refractivity contribution < 1.29 is 0 Å². The molecule has 1 aromatic rings. The van der Waals surface area contributed by atoms with E-state index in [0.29, 0.717) is 6.04 Å². The number of para-hydroxylation sites is 1. The molecule has 0 amide bonds. The molecule has 0 aromatic heterocycles. The number of piperidine rings is 1. The van der Waals surface area contributed by atoms with E-state index in [1.54, 1.807) is 0 Å². The molecule has 1 aliphatic heterocycles. The highest BCUT2D eigenvalue weighted by molar-refractivity contribution is 6.33. The third kappa shape index (κ3) is 3.39. The Morgan fingerprint density at radius 3 is 2.71 bits per heavy atom. The van der Waals surface area contributed by atoms with Crippen LogP contribution < -0.4 is 5.32 Å². The van der Waals surface area contributed by atoms with Crippen LogP contribution in [0.25, 0.3) is 0 Å². The van der Waals surface area contributed by atoms with Crippen LogP contribution in [0.1, 0.15) is 12.8 Å². The van der Waals surface area contributed by atoms with Gasteiger partial charge in [0.1, 0.15) is 0 Å². The lowest BCUT2D eigenvalue weighted by Gasteiger charge is -2.31. The van der Waals surface area contributed by atoms with Gasteiger partial charge in [-0.25, -0.2) is 0 Å². The van der Waals surface area contributed by atoms with Crippen LogP contribution in [-0.4, -0.2) is 30.6 Å². The van der Waals surface area contributed by atoms with Gasteiger partial charge in [-0.3, -0.25) is 4.90 Å². The number of terminal acetylenes is 1. The SMILES string of the molecule is C#CCN1CCC(Nc2ccccc2Cl)CC1. The van der Waals surface area contributed by atoms with Crippen molar-refractivity contribution in [2.75, 3.05) is 25.0 Å². The molecule has 1 N–H and O–H groups in total. The van der Waals surface area contributed by atoms with Gasteiger partial charge in [0.2, 0.25) is 0 Å². The fourth-order valence-electron chi connectivity index (χ4n) is 2.16. The lowest BCUT2D eigenvalue weighted by atomic mass is 10.0. The van der Waals surface area contributed by atoms with Crippen LogP contribution in [0.2, 0.25) is 5.02 Å². The zero-order chi connectivity index (χ0) is 12.1. The Morgan fingerprint density at radius 1 is 1.35 bits per heavy atom. The predicted octanol–water partition coefficient (Wildman–Crippen LogP) is 2.85. The molecule has 0 radical (unpaired) electrons. The molecule has 1 heterocycles. The van der Waals surface area contributed by atoms with E-state index in [2.05, 4.69) is 16.1 Å². The first-order valence-corrected chi connectivity index (χ1v) is 6.34. The number of benzene rings is 1. The molecule has 0 aliphatic carbocycles. The van der Waals surface area contributed by atoms with Crippen LogP contribution >= 0.6 is 11.6 Å². The fourth-order valence-corrected chi connectivity index (χ4v) is 2.35. The Hall–Kier alpha value is -1.17. The molecule has 1 fully saturated rings. The van der Waals surface area contributed by atoms with E-state index in [-0.39, 0.29) is 0 Å². The van der Waals surface area contributed by atoms with Gasteiger partial charge in [-0.05, 0) is 25.0 Å². The van der Waals surface area contributed by atoms with Crippen molar-refractivity contribution in [2.45, 2.75) is 18.9 Å². The standard InChI is InChI=1S/C14H17ClN2/c1-2-9-17-10-7-12(8-11-17)16-14-6-4-3-5-13(14)15/h1,3-6,12,16H,7-11H2. The topological polar surface area (TPSA) is 15.3 Å². The summed E-state index contributed by atoms with van der Waals surface area (Å²) in [6, 6.07) is 8.39. The van der Waals surface area contributed by atoms with Crippen molar-refractivity contribution >= 4 is 17.3 Å². The Kier molecular flexibility index (Phi) is 4.30. The highest BCUT2D eigenvalue weighted by atomic mass is 35.5. The van der Waals surface area contributed by atoms with Crippen molar-refractivity contribution in [3.63, 3.8) is 0 Å². The second-order valence-electron chi connectivity index (χ2n) is 4.38. The summed E-state index contributed by atoms with van der Waals surface area (Å²) < 4.78 is 0. The van der Waals surface area contributed by atoms with Gasteiger partial charge < -0.3 is 5.32 Å². The van der Waals surface area contributed by atoms with E-state index < -0.39 is 0 Å². The van der Waals surface area contributed by atoms with E-state index in [1.807, 2.05) is 24.3 Å². The van der Waals surface area contributed by atoms with Crippen LogP contribution in [0.4, 0.5) is 5.69 Å². The number of rotatable bonds is 3. The van der Waals surface area contributed by atoms with E-state index in [4.69, 9.17) is 18.0 Å². The number of hydrogen-bond donors (Lipinski definition) is 1. The quantitative estimate of drug-likeness (QED) is 0.828. The molecule has 0 saturated carbocycles. The molecule has 1 saturated heterocycles. The van der Waals surface area contributed by atoms with Crippen molar-refractivity contribution in [3.8, 4) is 12.3 Å². The van der Waals surface area contributed by atoms with Gasteiger partial charge in [0, 0.05) is 19.1 Å². The third-order valence-electron chi connectivity index (χ3n) is 3.14. The summed E-state index contributed by atoms with van der Waals surface area (Å²) in [5.74, 6) is 2.70. The molecular formula is C14H17ClN2. The Balaban J connectivity index is 1.86. The summed E-state index contributed by atoms with van der Waals surface area (Å²) in [5.41, 5.74) is 1.03. The van der Waals surface area contributed by atoms with Crippen molar-refractivity contribution in [3.05, 3.63) is 29.3 Å². The van der Waals surface area contributed by atoms with Crippen LogP contribution in [0.5, 0.6) is 0 Å². The normalized spacial score (nSPS) is 17.6. The molecule has 0 bridgehead atoms. The van der Waals surface area contributed by atoms with Gasteiger partial charge >= 0.3 is 0 Å². The van der Waals surface area contributed by atoms with Gasteiger partial charge in [-0.2, -0.15) is 0 Å². The summed E-state index contributed by atoms with van der Waals surface area (Å²) in [5, 5.41) is 4.29. The molecule has 0 unspecified atom stereocenters. The average molecular weight is 249 g/mol. The smallest absolute Gasteiger partial charge is 0.0637 e. The first-order chi connectivity index (χ1) is 8.29. The number of hydrogen-bond acceptors (Lipinski definition) is 2. The zero-order valence-corrected chi connectivity index (χ0v) is 10.6. The Labute approximate surface area is 108 Å². The Bertz CT molecular complexity index is 403. The minimum atomic E-state index is 0.504. The summed E-state index contributed by atoms with van der Waals surface area (Å²) in [6.45, 7) is 2.89. The van der Waals surface area contributed by atoms with Crippen molar-refractivity contribution in [2.24, 2.45) is 0 Å². The fraction of sp³-hybridized carbons (Fsp3) is 0.429. The van der Waals surface area contributed by atoms with Crippen LogP contribution in [0.3, 0.4) is 0 Å². The summed E-state index contributed by atoms with van der Waals surface area (Å²) in [7, 11) is 0. The maximum absolute atomic E-state index is 6.12. The van der Waals surface area contributed by atoms with E-state index >= 15 is 0 Å². The molecule has 0 spiro atoms. The molecule has 0 atom stereocenters. The highest BCUT2D eigenvalue weighted by Crippen LogP contribution is 2.23. The second kappa shape index (κ2) is 5.95. The Morgan fingerprint density at radius 2 is 2.06 bits per heavy atom. The number of halogens is 1. The first kappa shape index (κ1) is 12.3. The monoisotopic (exact) mass is 248 g/mol. The summed E-state index contributed by atoms with van der Waals surface area (Å²) in [4.78, 5) is 2.31. The molecule has 17 heavy (non-hydrogen) atoms. The summed E-state index contributed by atoms with van der Waals surface area (Å²) >= 11 is 6.12.